The molecule has 0 aromatic heterocycles. The normalized spacial score (nSPS) is 17.6. The Morgan fingerprint density at radius 2 is 1.68 bits per heavy atom. The first-order chi connectivity index (χ1) is 13.6. The third kappa shape index (κ3) is 5.14. The molecule has 28 heavy (non-hydrogen) atoms. The second-order valence-electron chi connectivity index (χ2n) is 7.20. The summed E-state index contributed by atoms with van der Waals surface area (Å²) >= 11 is 5.73. The standard InChI is InChI=1S/C21H31N3O3S/c1-3-22-11-13-24(14-12-22)21(28)17-7-8-18(19(15-17)26-4-2)27-16-20(25)23-9-5-6-10-23/h7-8,15H,3-6,9-14,16H2,1-2H3. The Balaban J connectivity index is 1.64. The largest absolute Gasteiger partial charge is 0.490 e. The zero-order chi connectivity index (χ0) is 19.9. The first-order valence-corrected chi connectivity index (χ1v) is 10.7. The molecule has 2 fully saturated rings. The molecule has 154 valence electrons. The zero-order valence-corrected chi connectivity index (χ0v) is 17.8. The molecule has 0 atom stereocenters. The monoisotopic (exact) mass is 405 g/mol. The van der Waals surface area contributed by atoms with Gasteiger partial charge in [0.05, 0.1) is 6.61 Å². The fourth-order valence-corrected chi connectivity index (χ4v) is 3.99. The summed E-state index contributed by atoms with van der Waals surface area (Å²) in [5.74, 6) is 1.27. The van der Waals surface area contributed by atoms with Crippen LogP contribution >= 0.6 is 12.2 Å². The smallest absolute Gasteiger partial charge is 0.260 e. The first kappa shape index (κ1) is 20.9. The molecular weight excluding hydrogens is 374 g/mol. The van der Waals surface area contributed by atoms with Crippen molar-refractivity contribution in [3.05, 3.63) is 23.8 Å². The third-order valence-corrected chi connectivity index (χ3v) is 5.90. The number of ether oxygens (including phenoxy) is 2. The SMILES string of the molecule is CCOc1cc(C(=S)N2CCN(CC)CC2)ccc1OCC(=O)N1CCCC1. The molecule has 0 bridgehead atoms. The highest BCUT2D eigenvalue weighted by Crippen LogP contribution is 2.29. The number of carbonyl (C=O) groups is 1. The van der Waals surface area contributed by atoms with E-state index in [1.807, 2.05) is 30.0 Å². The van der Waals surface area contributed by atoms with Crippen LogP contribution in [0.5, 0.6) is 11.5 Å². The van der Waals surface area contributed by atoms with Gasteiger partial charge < -0.3 is 24.2 Å². The van der Waals surface area contributed by atoms with Crippen molar-refractivity contribution in [3.63, 3.8) is 0 Å². The van der Waals surface area contributed by atoms with Crippen LogP contribution in [0.15, 0.2) is 18.2 Å². The quantitative estimate of drug-likeness (QED) is 0.649. The predicted octanol–water partition coefficient (Wildman–Crippen LogP) is 2.40. The topological polar surface area (TPSA) is 45.3 Å². The van der Waals surface area contributed by atoms with Crippen LogP contribution in [0.3, 0.4) is 0 Å². The molecule has 2 aliphatic heterocycles. The van der Waals surface area contributed by atoms with Gasteiger partial charge in [-0.3, -0.25) is 4.79 Å². The number of benzene rings is 1. The van der Waals surface area contributed by atoms with E-state index in [1.165, 1.54) is 0 Å². The fourth-order valence-electron chi connectivity index (χ4n) is 3.68. The Morgan fingerprint density at radius 3 is 2.32 bits per heavy atom. The molecule has 0 saturated carbocycles. The van der Waals surface area contributed by atoms with Gasteiger partial charge in [-0.1, -0.05) is 19.1 Å². The van der Waals surface area contributed by atoms with Crippen LogP contribution in [-0.2, 0) is 4.79 Å². The Kier molecular flexibility index (Phi) is 7.50. The molecule has 0 aliphatic carbocycles. The molecule has 0 unspecified atom stereocenters. The molecule has 1 aromatic rings. The van der Waals surface area contributed by atoms with Gasteiger partial charge in [0.1, 0.15) is 4.99 Å². The Bertz CT molecular complexity index is 683. The lowest BCUT2D eigenvalue weighted by atomic mass is 10.1. The van der Waals surface area contributed by atoms with Gasteiger partial charge in [-0.2, -0.15) is 0 Å². The molecule has 6 nitrogen and oxygen atoms in total. The number of thiocarbonyl (C=S) groups is 1. The number of amides is 1. The van der Waals surface area contributed by atoms with E-state index in [2.05, 4.69) is 16.7 Å². The van der Waals surface area contributed by atoms with Crippen molar-refractivity contribution in [2.24, 2.45) is 0 Å². The Hall–Kier alpha value is -1.86. The molecular formula is C21H31N3O3S. The summed E-state index contributed by atoms with van der Waals surface area (Å²) < 4.78 is 11.6. The minimum Gasteiger partial charge on any atom is -0.490 e. The summed E-state index contributed by atoms with van der Waals surface area (Å²) in [6, 6.07) is 5.77. The van der Waals surface area contributed by atoms with Gasteiger partial charge in [0.2, 0.25) is 0 Å². The van der Waals surface area contributed by atoms with Crippen molar-refractivity contribution in [1.29, 1.82) is 0 Å². The van der Waals surface area contributed by atoms with Gasteiger partial charge >= 0.3 is 0 Å². The Morgan fingerprint density at radius 1 is 0.964 bits per heavy atom. The van der Waals surface area contributed by atoms with Crippen molar-refractivity contribution in [1.82, 2.24) is 14.7 Å². The summed E-state index contributed by atoms with van der Waals surface area (Å²) in [5.41, 5.74) is 0.960. The summed E-state index contributed by atoms with van der Waals surface area (Å²) in [6.07, 6.45) is 2.16. The minimum absolute atomic E-state index is 0.0355. The van der Waals surface area contributed by atoms with Gasteiger partial charge in [0, 0.05) is 44.8 Å². The summed E-state index contributed by atoms with van der Waals surface area (Å²) in [4.78, 5) is 19.6. The number of rotatable bonds is 7. The van der Waals surface area contributed by atoms with Crippen LogP contribution in [0.2, 0.25) is 0 Å². The van der Waals surface area contributed by atoms with Crippen molar-refractivity contribution in [3.8, 4) is 11.5 Å². The van der Waals surface area contributed by atoms with Crippen LogP contribution < -0.4 is 9.47 Å². The van der Waals surface area contributed by atoms with Crippen LogP contribution in [0, 0.1) is 0 Å². The van der Waals surface area contributed by atoms with Crippen LogP contribution in [-0.4, -0.2) is 84.6 Å². The molecule has 1 aromatic carbocycles. The molecule has 0 spiro atoms. The molecule has 2 heterocycles. The first-order valence-electron chi connectivity index (χ1n) is 10.3. The number of carbonyl (C=O) groups excluding carboxylic acids is 1. The third-order valence-electron chi connectivity index (χ3n) is 5.41. The lowest BCUT2D eigenvalue weighted by Gasteiger charge is -2.35. The number of hydrogen-bond donors (Lipinski definition) is 0. The number of likely N-dealkylation sites (N-methyl/N-ethyl adjacent to an activating group) is 1. The van der Waals surface area contributed by atoms with E-state index in [-0.39, 0.29) is 12.5 Å². The maximum Gasteiger partial charge on any atom is 0.260 e. The average molecular weight is 406 g/mol. The van der Waals surface area contributed by atoms with Crippen molar-refractivity contribution in [2.45, 2.75) is 26.7 Å². The average Bonchev–Trinajstić information content (AvgIpc) is 3.27. The second-order valence-corrected chi connectivity index (χ2v) is 7.58. The maximum absolute atomic E-state index is 12.2. The van der Waals surface area contributed by atoms with Crippen molar-refractivity contribution >= 4 is 23.1 Å². The number of likely N-dealkylation sites (tertiary alicyclic amines) is 1. The minimum atomic E-state index is 0.0355. The van der Waals surface area contributed by atoms with Crippen molar-refractivity contribution in [2.75, 3.05) is 59.0 Å². The highest BCUT2D eigenvalue weighted by molar-refractivity contribution is 7.80. The molecule has 3 rings (SSSR count). The molecule has 0 radical (unpaired) electrons. The van der Waals surface area contributed by atoms with E-state index in [9.17, 15) is 4.79 Å². The van der Waals surface area contributed by atoms with Gasteiger partial charge in [-0.05, 0) is 44.5 Å². The van der Waals surface area contributed by atoms with E-state index >= 15 is 0 Å². The highest BCUT2D eigenvalue weighted by atomic mass is 32.1. The lowest BCUT2D eigenvalue weighted by Crippen LogP contribution is -2.48. The van der Waals surface area contributed by atoms with Gasteiger partial charge in [0.25, 0.3) is 5.91 Å². The van der Waals surface area contributed by atoms with Gasteiger partial charge in [-0.25, -0.2) is 0 Å². The molecule has 0 N–H and O–H groups in total. The van der Waals surface area contributed by atoms with E-state index < -0.39 is 0 Å². The van der Waals surface area contributed by atoms with Crippen LogP contribution in [0.1, 0.15) is 32.3 Å². The number of hydrogen-bond acceptors (Lipinski definition) is 5. The lowest BCUT2D eigenvalue weighted by molar-refractivity contribution is -0.132. The molecule has 1 amide bonds. The molecule has 2 aliphatic rings. The molecule has 2 saturated heterocycles. The van der Waals surface area contributed by atoms with E-state index in [1.54, 1.807) is 0 Å². The van der Waals surface area contributed by atoms with Crippen molar-refractivity contribution < 1.29 is 14.3 Å². The zero-order valence-electron chi connectivity index (χ0n) is 17.0. The maximum atomic E-state index is 12.2. The van der Waals surface area contributed by atoms with Gasteiger partial charge in [-0.15, -0.1) is 0 Å². The second kappa shape index (κ2) is 10.1. The van der Waals surface area contributed by atoms with Gasteiger partial charge in [0.15, 0.2) is 18.1 Å². The predicted molar refractivity (Wildman–Crippen MR) is 114 cm³/mol. The number of piperazine rings is 1. The fraction of sp³-hybridized carbons (Fsp3) is 0.619. The molecule has 7 heteroatoms. The van der Waals surface area contributed by atoms with E-state index in [0.29, 0.717) is 18.1 Å². The van der Waals surface area contributed by atoms with Crippen LogP contribution in [0.4, 0.5) is 0 Å². The summed E-state index contributed by atoms with van der Waals surface area (Å²) in [5, 5.41) is 0. The van der Waals surface area contributed by atoms with E-state index in [4.69, 9.17) is 21.7 Å². The summed E-state index contributed by atoms with van der Waals surface area (Å²) in [6.45, 7) is 11.4. The van der Waals surface area contributed by atoms with Crippen LogP contribution in [0.25, 0.3) is 0 Å². The highest BCUT2D eigenvalue weighted by Gasteiger charge is 2.21. The summed E-state index contributed by atoms with van der Waals surface area (Å²) in [7, 11) is 0. The van der Waals surface area contributed by atoms with E-state index in [0.717, 1.165) is 69.2 Å². The Labute approximate surface area is 173 Å². The number of nitrogens with zero attached hydrogens (tertiary/aromatic N) is 3.